The van der Waals surface area contributed by atoms with E-state index in [0.29, 0.717) is 29.4 Å². The Balaban J connectivity index is 1.58. The van der Waals surface area contributed by atoms with Crippen LogP contribution in [0.25, 0.3) is 0 Å². The highest BCUT2D eigenvalue weighted by Gasteiger charge is 2.05. The van der Waals surface area contributed by atoms with Crippen LogP contribution in [0.1, 0.15) is 16.8 Å². The molecule has 0 aliphatic rings. The minimum Gasteiger partial charge on any atom is -0.494 e. The van der Waals surface area contributed by atoms with Gasteiger partial charge in [0, 0.05) is 5.69 Å². The van der Waals surface area contributed by atoms with E-state index in [0.717, 1.165) is 12.2 Å². The number of thioether (sulfide) groups is 1. The number of nitrogens with one attached hydrogen (secondary N) is 1. The first-order valence-corrected chi connectivity index (χ1v) is 9.18. The summed E-state index contributed by atoms with van der Waals surface area (Å²) in [6, 6.07) is 12.4. The zero-order chi connectivity index (χ0) is 18.8. The minimum atomic E-state index is -0.383. The molecule has 0 saturated carbocycles. The Labute approximate surface area is 155 Å². The average Bonchev–Trinajstić information content (AvgIpc) is 2.66. The van der Waals surface area contributed by atoms with Crippen LogP contribution < -0.4 is 10.1 Å². The van der Waals surface area contributed by atoms with E-state index in [-0.39, 0.29) is 17.7 Å². The molecule has 0 aromatic heterocycles. The molecule has 2 aromatic carbocycles. The molecule has 26 heavy (non-hydrogen) atoms. The summed E-state index contributed by atoms with van der Waals surface area (Å²) in [5.74, 6) is 0.934. The number of hydrogen-bond donors (Lipinski definition) is 1. The van der Waals surface area contributed by atoms with Gasteiger partial charge < -0.3 is 14.8 Å². The van der Waals surface area contributed by atoms with Crippen LogP contribution in [0.4, 0.5) is 10.1 Å². The second-order valence-corrected chi connectivity index (χ2v) is 6.43. The number of esters is 1. The maximum Gasteiger partial charge on any atom is 0.337 e. The molecular formula is C19H20FNO4S. The predicted octanol–water partition coefficient (Wildman–Crippen LogP) is 3.75. The lowest BCUT2D eigenvalue weighted by atomic mass is 10.2. The van der Waals surface area contributed by atoms with Crippen LogP contribution in [-0.4, -0.2) is 37.1 Å². The van der Waals surface area contributed by atoms with Gasteiger partial charge in [-0.05, 0) is 60.7 Å². The van der Waals surface area contributed by atoms with Crippen LogP contribution in [0.3, 0.4) is 0 Å². The molecule has 2 aromatic rings. The Morgan fingerprint density at radius 3 is 2.42 bits per heavy atom. The largest absolute Gasteiger partial charge is 0.494 e. The van der Waals surface area contributed by atoms with Gasteiger partial charge in [-0.25, -0.2) is 9.18 Å². The van der Waals surface area contributed by atoms with Gasteiger partial charge in [0.15, 0.2) is 0 Å². The highest BCUT2D eigenvalue weighted by Crippen LogP contribution is 2.14. The number of amides is 1. The molecule has 0 radical (unpaired) electrons. The molecule has 0 bridgehead atoms. The lowest BCUT2D eigenvalue weighted by Crippen LogP contribution is -2.14. The van der Waals surface area contributed by atoms with Gasteiger partial charge in [0.2, 0.25) is 5.91 Å². The molecule has 1 amide bonds. The molecule has 0 atom stereocenters. The van der Waals surface area contributed by atoms with Gasteiger partial charge >= 0.3 is 5.97 Å². The van der Waals surface area contributed by atoms with Crippen molar-refractivity contribution in [3.63, 3.8) is 0 Å². The van der Waals surface area contributed by atoms with Crippen LogP contribution in [-0.2, 0) is 9.53 Å². The van der Waals surface area contributed by atoms with E-state index in [4.69, 9.17) is 4.74 Å². The van der Waals surface area contributed by atoms with Crippen molar-refractivity contribution >= 4 is 29.3 Å². The summed E-state index contributed by atoms with van der Waals surface area (Å²) in [7, 11) is 1.34. The van der Waals surface area contributed by atoms with E-state index < -0.39 is 0 Å². The number of carbonyl (C=O) groups excluding carboxylic acids is 2. The van der Waals surface area contributed by atoms with Gasteiger partial charge in [-0.15, -0.1) is 0 Å². The zero-order valence-corrected chi connectivity index (χ0v) is 15.2. The fourth-order valence-electron chi connectivity index (χ4n) is 2.05. The predicted molar refractivity (Wildman–Crippen MR) is 100 cm³/mol. The number of anilines is 1. The van der Waals surface area contributed by atoms with Gasteiger partial charge in [-0.2, -0.15) is 11.8 Å². The molecule has 0 aliphatic carbocycles. The molecule has 0 fully saturated rings. The first-order chi connectivity index (χ1) is 12.6. The Hall–Kier alpha value is -2.54. The average molecular weight is 377 g/mol. The summed E-state index contributed by atoms with van der Waals surface area (Å²) >= 11 is 1.50. The number of benzene rings is 2. The highest BCUT2D eigenvalue weighted by atomic mass is 32.2. The summed E-state index contributed by atoms with van der Waals surface area (Å²) in [6.07, 6.45) is 0.785. The third kappa shape index (κ3) is 6.76. The Bertz CT molecular complexity index is 719. The van der Waals surface area contributed by atoms with Crippen molar-refractivity contribution in [2.24, 2.45) is 0 Å². The van der Waals surface area contributed by atoms with Crippen molar-refractivity contribution in [1.82, 2.24) is 0 Å². The Morgan fingerprint density at radius 2 is 1.77 bits per heavy atom. The van der Waals surface area contributed by atoms with Gasteiger partial charge in [-0.1, -0.05) is 0 Å². The number of ether oxygens (including phenoxy) is 2. The summed E-state index contributed by atoms with van der Waals surface area (Å²) < 4.78 is 23.0. The fourth-order valence-corrected chi connectivity index (χ4v) is 2.78. The van der Waals surface area contributed by atoms with Crippen molar-refractivity contribution in [3.8, 4) is 5.75 Å². The van der Waals surface area contributed by atoms with E-state index >= 15 is 0 Å². The topological polar surface area (TPSA) is 64.6 Å². The van der Waals surface area contributed by atoms with E-state index in [2.05, 4.69) is 10.1 Å². The number of hydrogen-bond acceptors (Lipinski definition) is 5. The van der Waals surface area contributed by atoms with Crippen LogP contribution in [0.15, 0.2) is 48.5 Å². The summed E-state index contributed by atoms with van der Waals surface area (Å²) in [5, 5.41) is 2.71. The van der Waals surface area contributed by atoms with Crippen LogP contribution in [0.5, 0.6) is 5.75 Å². The van der Waals surface area contributed by atoms with Gasteiger partial charge in [0.25, 0.3) is 0 Å². The van der Waals surface area contributed by atoms with Gasteiger partial charge in [-0.3, -0.25) is 4.79 Å². The second kappa shape index (κ2) is 10.5. The summed E-state index contributed by atoms with van der Waals surface area (Å²) in [5.41, 5.74) is 1.05. The van der Waals surface area contributed by atoms with E-state index in [1.54, 1.807) is 24.3 Å². The van der Waals surface area contributed by atoms with E-state index in [9.17, 15) is 14.0 Å². The molecule has 0 saturated heterocycles. The smallest absolute Gasteiger partial charge is 0.337 e. The molecular weight excluding hydrogens is 357 g/mol. The molecule has 7 heteroatoms. The highest BCUT2D eigenvalue weighted by molar-refractivity contribution is 7.99. The monoisotopic (exact) mass is 377 g/mol. The second-order valence-electron chi connectivity index (χ2n) is 5.33. The van der Waals surface area contributed by atoms with Gasteiger partial charge in [0.1, 0.15) is 11.6 Å². The number of carbonyl (C=O) groups is 2. The maximum absolute atomic E-state index is 12.8. The summed E-state index contributed by atoms with van der Waals surface area (Å²) in [4.78, 5) is 23.1. The maximum atomic E-state index is 12.8. The fraction of sp³-hybridized carbons (Fsp3) is 0.263. The minimum absolute atomic E-state index is 0.124. The first kappa shape index (κ1) is 19.8. The van der Waals surface area contributed by atoms with Crippen molar-refractivity contribution in [3.05, 3.63) is 59.9 Å². The quantitative estimate of drug-likeness (QED) is 0.533. The van der Waals surface area contributed by atoms with Gasteiger partial charge in [0.05, 0.1) is 25.0 Å². The van der Waals surface area contributed by atoms with Crippen molar-refractivity contribution < 1.29 is 23.5 Å². The van der Waals surface area contributed by atoms with E-state index in [1.165, 1.54) is 43.1 Å². The standard InChI is InChI=1S/C19H20FNO4S/c1-24-19(23)14-3-9-17(10-4-14)25-11-2-12-26-13-18(22)21-16-7-5-15(20)6-8-16/h3-10H,2,11-13H2,1H3,(H,21,22). The normalized spacial score (nSPS) is 10.2. The number of methoxy groups -OCH3 is 1. The zero-order valence-electron chi connectivity index (χ0n) is 14.4. The molecule has 0 aliphatic heterocycles. The Morgan fingerprint density at radius 1 is 1.08 bits per heavy atom. The van der Waals surface area contributed by atoms with Crippen LogP contribution in [0, 0.1) is 5.82 Å². The molecule has 2 rings (SSSR count). The molecule has 0 unspecified atom stereocenters. The lowest BCUT2D eigenvalue weighted by Gasteiger charge is -2.07. The number of halogens is 1. The molecule has 0 spiro atoms. The van der Waals surface area contributed by atoms with Crippen LogP contribution in [0.2, 0.25) is 0 Å². The van der Waals surface area contributed by atoms with Crippen molar-refractivity contribution in [2.45, 2.75) is 6.42 Å². The first-order valence-electron chi connectivity index (χ1n) is 8.03. The molecule has 0 heterocycles. The van der Waals surface area contributed by atoms with Crippen molar-refractivity contribution in [2.75, 3.05) is 30.5 Å². The summed E-state index contributed by atoms with van der Waals surface area (Å²) in [6.45, 7) is 0.518. The molecule has 5 nitrogen and oxygen atoms in total. The molecule has 138 valence electrons. The third-order valence-corrected chi connectivity index (χ3v) is 4.38. The van der Waals surface area contributed by atoms with Crippen LogP contribution >= 0.6 is 11.8 Å². The SMILES string of the molecule is COC(=O)c1ccc(OCCCSCC(=O)Nc2ccc(F)cc2)cc1. The van der Waals surface area contributed by atoms with E-state index in [1.807, 2.05) is 0 Å². The number of rotatable bonds is 9. The third-order valence-electron chi connectivity index (χ3n) is 3.34. The molecule has 1 N–H and O–H groups in total. The van der Waals surface area contributed by atoms with Crippen molar-refractivity contribution in [1.29, 1.82) is 0 Å². The Kier molecular flexibility index (Phi) is 7.95. The lowest BCUT2D eigenvalue weighted by molar-refractivity contribution is -0.113.